The highest BCUT2D eigenvalue weighted by Crippen LogP contribution is 2.59. The molecule has 5 atom stereocenters. The second-order valence-corrected chi connectivity index (χ2v) is 8.16. The van der Waals surface area contributed by atoms with Crippen molar-refractivity contribution in [1.82, 2.24) is 0 Å². The smallest absolute Gasteiger partial charge is 0.0726 e. The van der Waals surface area contributed by atoms with Crippen molar-refractivity contribution in [1.29, 1.82) is 0 Å². The molecule has 2 heteroatoms. The van der Waals surface area contributed by atoms with Crippen molar-refractivity contribution in [3.05, 3.63) is 34.4 Å². The van der Waals surface area contributed by atoms with Crippen LogP contribution in [0.4, 0.5) is 0 Å². The second kappa shape index (κ2) is 4.65. The number of allylic oxidation sites excluding steroid dienone is 6. The Balaban J connectivity index is 1.82. The minimum absolute atomic E-state index is 0.0528. The zero-order valence-electron chi connectivity index (χ0n) is 12.0. The highest BCUT2D eigenvalue weighted by molar-refractivity contribution is 6.38. The van der Waals surface area contributed by atoms with Crippen molar-refractivity contribution in [3.63, 3.8) is 0 Å². The second-order valence-electron chi connectivity index (χ2n) is 7.28. The summed E-state index contributed by atoms with van der Waals surface area (Å²) < 4.78 is 0. The summed E-state index contributed by atoms with van der Waals surface area (Å²) in [5, 5.41) is 1.03. The molecule has 0 aromatic heterocycles. The van der Waals surface area contributed by atoms with E-state index in [1.54, 1.807) is 0 Å². The van der Waals surface area contributed by atoms with Crippen LogP contribution in [-0.4, -0.2) is 5.38 Å². The molecule has 0 bridgehead atoms. The Morgan fingerprint density at radius 2 is 1.90 bits per heavy atom. The molecule has 0 aromatic carbocycles. The maximum atomic E-state index is 6.77. The Morgan fingerprint density at radius 3 is 2.70 bits per heavy atom. The maximum Gasteiger partial charge on any atom is 0.0726 e. The third-order valence-electron chi connectivity index (χ3n) is 6.24. The van der Waals surface area contributed by atoms with E-state index < -0.39 is 0 Å². The summed E-state index contributed by atoms with van der Waals surface area (Å²) in [6.07, 6.45) is 14.7. The zero-order chi connectivity index (χ0) is 13.9. The minimum atomic E-state index is 0.0528. The number of hydrogen-bond donors (Lipinski definition) is 0. The van der Waals surface area contributed by atoms with Crippen LogP contribution in [0, 0.1) is 23.2 Å². The van der Waals surface area contributed by atoms with Gasteiger partial charge in [-0.25, -0.2) is 0 Å². The van der Waals surface area contributed by atoms with Gasteiger partial charge in [-0.3, -0.25) is 0 Å². The number of fused-ring (bicyclic) bond motifs is 5. The Kier molecular flexibility index (Phi) is 3.13. The lowest BCUT2D eigenvalue weighted by Gasteiger charge is -2.50. The average molecular weight is 309 g/mol. The molecular formula is C18H22Cl2. The molecule has 0 saturated heterocycles. The van der Waals surface area contributed by atoms with E-state index in [0.29, 0.717) is 11.8 Å². The largest absolute Gasteiger partial charge is 0.117 e. The number of alkyl halides is 1. The van der Waals surface area contributed by atoms with Gasteiger partial charge in [-0.05, 0) is 54.6 Å². The van der Waals surface area contributed by atoms with E-state index in [1.807, 2.05) is 0 Å². The standard InChI is InChI=1S/C18H22Cl2/c1-18-9-4-7-14(18)15-12(8-10-18)11-5-2-3-6-13(11)16(19)17(15)20/h4,7,9,11-13,16H,2-3,5-6,8,10H2,1H3/t11-,12-,13?,16?,18+/m1/s1. The van der Waals surface area contributed by atoms with E-state index in [0.717, 1.165) is 11.0 Å². The van der Waals surface area contributed by atoms with Gasteiger partial charge < -0.3 is 0 Å². The molecule has 0 aliphatic heterocycles. The lowest BCUT2D eigenvalue weighted by molar-refractivity contribution is 0.144. The summed E-state index contributed by atoms with van der Waals surface area (Å²) in [5.41, 5.74) is 3.10. The molecule has 0 aromatic rings. The first kappa shape index (κ1) is 13.5. The Morgan fingerprint density at radius 1 is 1.15 bits per heavy atom. The topological polar surface area (TPSA) is 0 Å². The van der Waals surface area contributed by atoms with Crippen LogP contribution in [0.25, 0.3) is 0 Å². The lowest BCUT2D eigenvalue weighted by atomic mass is 9.56. The normalized spacial score (nSPS) is 46.6. The average Bonchev–Trinajstić information content (AvgIpc) is 2.85. The van der Waals surface area contributed by atoms with Crippen LogP contribution < -0.4 is 0 Å². The van der Waals surface area contributed by atoms with Gasteiger partial charge in [0.15, 0.2) is 0 Å². The van der Waals surface area contributed by atoms with E-state index in [4.69, 9.17) is 23.2 Å². The van der Waals surface area contributed by atoms with E-state index in [2.05, 4.69) is 25.2 Å². The summed E-state index contributed by atoms with van der Waals surface area (Å²) in [4.78, 5) is 0. The van der Waals surface area contributed by atoms with Gasteiger partial charge in [-0.1, -0.05) is 49.6 Å². The summed E-state index contributed by atoms with van der Waals surface area (Å²) in [7, 11) is 0. The van der Waals surface area contributed by atoms with Gasteiger partial charge in [0.2, 0.25) is 0 Å². The predicted octanol–water partition coefficient (Wildman–Crippen LogP) is 5.82. The molecule has 0 N–H and O–H groups in total. The van der Waals surface area contributed by atoms with Crippen molar-refractivity contribution < 1.29 is 0 Å². The van der Waals surface area contributed by atoms with Gasteiger partial charge in [-0.15, -0.1) is 11.6 Å². The van der Waals surface area contributed by atoms with Crippen molar-refractivity contribution in [2.24, 2.45) is 23.2 Å². The van der Waals surface area contributed by atoms with Gasteiger partial charge in [0.1, 0.15) is 0 Å². The highest BCUT2D eigenvalue weighted by atomic mass is 35.5. The van der Waals surface area contributed by atoms with E-state index in [-0.39, 0.29) is 10.8 Å². The summed E-state index contributed by atoms with van der Waals surface area (Å²) >= 11 is 13.5. The predicted molar refractivity (Wildman–Crippen MR) is 86.0 cm³/mol. The third kappa shape index (κ3) is 1.74. The molecule has 0 spiro atoms. The van der Waals surface area contributed by atoms with E-state index in [9.17, 15) is 0 Å². The summed E-state index contributed by atoms with van der Waals surface area (Å²) in [5.74, 6) is 2.06. The van der Waals surface area contributed by atoms with Crippen molar-refractivity contribution in [2.75, 3.05) is 0 Å². The van der Waals surface area contributed by atoms with Crippen LogP contribution in [0.5, 0.6) is 0 Å². The van der Waals surface area contributed by atoms with Crippen LogP contribution >= 0.6 is 23.2 Å². The molecule has 4 aliphatic carbocycles. The molecule has 2 unspecified atom stereocenters. The molecule has 0 heterocycles. The number of halogens is 2. The molecule has 2 fully saturated rings. The van der Waals surface area contributed by atoms with Crippen LogP contribution in [0.2, 0.25) is 0 Å². The van der Waals surface area contributed by atoms with E-state index >= 15 is 0 Å². The third-order valence-corrected chi connectivity index (χ3v) is 7.34. The Labute approximate surface area is 131 Å². The molecule has 0 nitrogen and oxygen atoms in total. The maximum absolute atomic E-state index is 6.77. The molecule has 0 radical (unpaired) electrons. The van der Waals surface area contributed by atoms with Gasteiger partial charge in [0.25, 0.3) is 0 Å². The fraction of sp³-hybridized carbons (Fsp3) is 0.667. The van der Waals surface area contributed by atoms with Crippen LogP contribution in [0.15, 0.2) is 34.4 Å². The minimum Gasteiger partial charge on any atom is -0.117 e. The van der Waals surface area contributed by atoms with Crippen LogP contribution in [0.1, 0.15) is 45.4 Å². The van der Waals surface area contributed by atoms with Gasteiger partial charge >= 0.3 is 0 Å². The monoisotopic (exact) mass is 308 g/mol. The van der Waals surface area contributed by atoms with Gasteiger partial charge in [0, 0.05) is 10.4 Å². The number of hydrogen-bond acceptors (Lipinski definition) is 0. The Hall–Kier alpha value is -0.200. The first-order valence-corrected chi connectivity index (χ1v) is 8.87. The SMILES string of the molecule is C[C@@]12C=CC=C1C1=C(Cl)C(Cl)C3CCCC[C@@H]3[C@H]1CC2. The number of rotatable bonds is 0. The van der Waals surface area contributed by atoms with Crippen LogP contribution in [0.3, 0.4) is 0 Å². The molecule has 4 aliphatic rings. The summed E-state index contributed by atoms with van der Waals surface area (Å²) in [6, 6.07) is 0. The highest BCUT2D eigenvalue weighted by Gasteiger charge is 2.49. The first-order valence-electron chi connectivity index (χ1n) is 8.06. The van der Waals surface area contributed by atoms with E-state index in [1.165, 1.54) is 49.7 Å². The zero-order valence-corrected chi connectivity index (χ0v) is 13.6. The molecule has 108 valence electrons. The fourth-order valence-electron chi connectivity index (χ4n) is 5.17. The van der Waals surface area contributed by atoms with Crippen molar-refractivity contribution in [3.8, 4) is 0 Å². The lowest BCUT2D eigenvalue weighted by Crippen LogP contribution is -2.42. The van der Waals surface area contributed by atoms with Crippen molar-refractivity contribution >= 4 is 23.2 Å². The van der Waals surface area contributed by atoms with Gasteiger partial charge in [0.05, 0.1) is 5.38 Å². The van der Waals surface area contributed by atoms with Gasteiger partial charge in [-0.2, -0.15) is 0 Å². The molecular weight excluding hydrogens is 287 g/mol. The molecule has 20 heavy (non-hydrogen) atoms. The summed E-state index contributed by atoms with van der Waals surface area (Å²) in [6.45, 7) is 2.35. The quantitative estimate of drug-likeness (QED) is 0.495. The molecule has 4 rings (SSSR count). The van der Waals surface area contributed by atoms with Crippen molar-refractivity contribution in [2.45, 2.75) is 50.8 Å². The molecule has 2 saturated carbocycles. The van der Waals surface area contributed by atoms with Crippen LogP contribution in [-0.2, 0) is 0 Å². The molecule has 0 amide bonds. The fourth-order valence-corrected chi connectivity index (χ4v) is 6.01. The first-order chi connectivity index (χ1) is 9.62. The Bertz CT molecular complexity index is 528.